The minimum absolute atomic E-state index is 0.0377. The maximum absolute atomic E-state index is 12.6. The Morgan fingerprint density at radius 1 is 1.21 bits per heavy atom. The molecule has 0 fully saturated rings. The van der Waals surface area contributed by atoms with E-state index in [9.17, 15) is 9.59 Å². The molecule has 1 aromatic carbocycles. The summed E-state index contributed by atoms with van der Waals surface area (Å²) in [6.07, 6.45) is 5.00. The van der Waals surface area contributed by atoms with Gasteiger partial charge in [0.15, 0.2) is 5.13 Å². The van der Waals surface area contributed by atoms with Gasteiger partial charge < -0.3 is 5.32 Å². The zero-order valence-corrected chi connectivity index (χ0v) is 16.3. The number of amides is 2. The summed E-state index contributed by atoms with van der Waals surface area (Å²) in [4.78, 5) is 34.7. The normalized spacial score (nSPS) is 15.1. The molecule has 0 unspecified atom stereocenters. The van der Waals surface area contributed by atoms with Crippen molar-refractivity contribution >= 4 is 28.3 Å². The van der Waals surface area contributed by atoms with Crippen LogP contribution in [-0.2, 0) is 17.8 Å². The lowest BCUT2D eigenvalue weighted by Gasteiger charge is -2.10. The number of hydrogen-bond donors (Lipinski definition) is 2. The van der Waals surface area contributed by atoms with Gasteiger partial charge in [-0.25, -0.2) is 4.98 Å². The molecule has 1 atom stereocenters. The van der Waals surface area contributed by atoms with Gasteiger partial charge in [-0.05, 0) is 43.5 Å². The van der Waals surface area contributed by atoms with Gasteiger partial charge in [0, 0.05) is 29.4 Å². The van der Waals surface area contributed by atoms with Gasteiger partial charge in [0.1, 0.15) is 0 Å². The Bertz CT molecular complexity index is 999. The zero-order chi connectivity index (χ0) is 19.5. The molecule has 0 radical (unpaired) electrons. The number of aryl methyl sites for hydroxylation is 2. The molecule has 0 saturated carbocycles. The SMILES string of the molecule is Cc1ccc(C(=O)Nc2nc3c(s2)CC[C@@H]3C(=O)NCc2cccnc2)cc1. The molecular formula is C21H20N4O2S. The molecule has 2 amide bonds. The molecule has 6 nitrogen and oxygen atoms in total. The third kappa shape index (κ3) is 3.94. The van der Waals surface area contributed by atoms with E-state index in [0.717, 1.165) is 34.5 Å². The van der Waals surface area contributed by atoms with Crippen molar-refractivity contribution in [3.63, 3.8) is 0 Å². The molecular weight excluding hydrogens is 372 g/mol. The van der Waals surface area contributed by atoms with Crippen LogP contribution in [0.3, 0.4) is 0 Å². The standard InChI is InChI=1S/C21H20N4O2S/c1-13-4-6-15(7-5-13)19(26)25-21-24-18-16(8-9-17(18)28-21)20(27)23-12-14-3-2-10-22-11-14/h2-7,10-11,16H,8-9,12H2,1H3,(H,23,27)(H,24,25,26)/t16-/m0/s1. The predicted molar refractivity (Wildman–Crippen MR) is 108 cm³/mol. The lowest BCUT2D eigenvalue weighted by molar-refractivity contribution is -0.122. The highest BCUT2D eigenvalue weighted by molar-refractivity contribution is 7.16. The molecule has 0 aliphatic heterocycles. The van der Waals surface area contributed by atoms with Gasteiger partial charge in [-0.3, -0.25) is 19.9 Å². The molecule has 28 heavy (non-hydrogen) atoms. The van der Waals surface area contributed by atoms with Gasteiger partial charge in [-0.1, -0.05) is 23.8 Å². The fourth-order valence-electron chi connectivity index (χ4n) is 3.23. The molecule has 7 heteroatoms. The topological polar surface area (TPSA) is 84.0 Å². The van der Waals surface area contributed by atoms with E-state index in [0.29, 0.717) is 17.2 Å². The summed E-state index contributed by atoms with van der Waals surface area (Å²) in [5, 5.41) is 6.36. The minimum atomic E-state index is -0.270. The third-order valence-electron chi connectivity index (χ3n) is 4.76. The van der Waals surface area contributed by atoms with Crippen molar-refractivity contribution in [3.05, 3.63) is 76.1 Å². The van der Waals surface area contributed by atoms with Crippen LogP contribution < -0.4 is 10.6 Å². The van der Waals surface area contributed by atoms with Crippen LogP contribution >= 0.6 is 11.3 Å². The molecule has 4 rings (SSSR count). The first kappa shape index (κ1) is 18.3. The molecule has 142 valence electrons. The first-order valence-electron chi connectivity index (χ1n) is 9.14. The van der Waals surface area contributed by atoms with Gasteiger partial charge >= 0.3 is 0 Å². The Labute approximate surface area is 167 Å². The van der Waals surface area contributed by atoms with Crippen molar-refractivity contribution < 1.29 is 9.59 Å². The molecule has 2 aromatic heterocycles. The number of carbonyl (C=O) groups excluding carboxylic acids is 2. The van der Waals surface area contributed by atoms with Gasteiger partial charge in [0.25, 0.3) is 5.91 Å². The van der Waals surface area contributed by atoms with Crippen molar-refractivity contribution in [1.29, 1.82) is 0 Å². The van der Waals surface area contributed by atoms with Crippen molar-refractivity contribution in [1.82, 2.24) is 15.3 Å². The lowest BCUT2D eigenvalue weighted by Crippen LogP contribution is -2.28. The average Bonchev–Trinajstić information content (AvgIpc) is 3.27. The molecule has 0 spiro atoms. The second-order valence-corrected chi connectivity index (χ2v) is 7.90. The molecule has 1 aliphatic carbocycles. The summed E-state index contributed by atoms with van der Waals surface area (Å²) >= 11 is 1.45. The highest BCUT2D eigenvalue weighted by atomic mass is 32.1. The second-order valence-electron chi connectivity index (χ2n) is 6.82. The second kappa shape index (κ2) is 7.90. The minimum Gasteiger partial charge on any atom is -0.351 e. The van der Waals surface area contributed by atoms with E-state index in [1.54, 1.807) is 24.5 Å². The predicted octanol–water partition coefficient (Wildman–Crippen LogP) is 3.45. The van der Waals surface area contributed by atoms with E-state index in [2.05, 4.69) is 20.6 Å². The Balaban J connectivity index is 1.41. The summed E-state index contributed by atoms with van der Waals surface area (Å²) in [5.74, 6) is -0.498. The number of nitrogens with one attached hydrogen (secondary N) is 2. The van der Waals surface area contributed by atoms with Crippen LogP contribution in [0.1, 0.15) is 44.4 Å². The molecule has 3 aromatic rings. The summed E-state index contributed by atoms with van der Waals surface area (Å²) in [7, 11) is 0. The van der Waals surface area contributed by atoms with E-state index in [1.807, 2.05) is 31.2 Å². The van der Waals surface area contributed by atoms with Crippen molar-refractivity contribution in [2.45, 2.75) is 32.2 Å². The molecule has 0 saturated heterocycles. The van der Waals surface area contributed by atoms with Crippen LogP contribution in [0.5, 0.6) is 0 Å². The molecule has 1 aliphatic rings. The van der Waals surface area contributed by atoms with Crippen molar-refractivity contribution in [2.24, 2.45) is 0 Å². The van der Waals surface area contributed by atoms with E-state index in [4.69, 9.17) is 0 Å². The third-order valence-corrected chi connectivity index (χ3v) is 5.80. The number of nitrogens with zero attached hydrogens (tertiary/aromatic N) is 2. The van der Waals surface area contributed by atoms with Crippen LogP contribution in [0.4, 0.5) is 5.13 Å². The van der Waals surface area contributed by atoms with Gasteiger partial charge in [-0.15, -0.1) is 11.3 Å². The Kier molecular flexibility index (Phi) is 5.16. The van der Waals surface area contributed by atoms with E-state index < -0.39 is 0 Å². The van der Waals surface area contributed by atoms with Gasteiger partial charge in [-0.2, -0.15) is 0 Å². The summed E-state index contributed by atoms with van der Waals surface area (Å²) in [6, 6.07) is 11.2. The number of rotatable bonds is 5. The smallest absolute Gasteiger partial charge is 0.257 e. The first-order valence-corrected chi connectivity index (χ1v) is 9.96. The lowest BCUT2D eigenvalue weighted by atomic mass is 10.1. The quantitative estimate of drug-likeness (QED) is 0.697. The van der Waals surface area contributed by atoms with Crippen LogP contribution in [-0.4, -0.2) is 21.8 Å². The van der Waals surface area contributed by atoms with Crippen LogP contribution in [0.15, 0.2) is 48.8 Å². The summed E-state index contributed by atoms with van der Waals surface area (Å²) in [5.41, 5.74) is 3.43. The number of hydrogen-bond acceptors (Lipinski definition) is 5. The number of pyridine rings is 1. The first-order chi connectivity index (χ1) is 13.6. The van der Waals surface area contributed by atoms with Crippen molar-refractivity contribution in [2.75, 3.05) is 5.32 Å². The highest BCUT2D eigenvalue weighted by Crippen LogP contribution is 2.38. The molecule has 2 heterocycles. The van der Waals surface area contributed by atoms with Crippen molar-refractivity contribution in [3.8, 4) is 0 Å². The van der Waals surface area contributed by atoms with E-state index >= 15 is 0 Å². The van der Waals surface area contributed by atoms with Gasteiger partial charge in [0.05, 0.1) is 11.6 Å². The zero-order valence-electron chi connectivity index (χ0n) is 15.4. The van der Waals surface area contributed by atoms with E-state index in [1.165, 1.54) is 11.3 Å². The maximum atomic E-state index is 12.6. The maximum Gasteiger partial charge on any atom is 0.257 e. The fraction of sp³-hybridized carbons (Fsp3) is 0.238. The largest absolute Gasteiger partial charge is 0.351 e. The fourth-order valence-corrected chi connectivity index (χ4v) is 4.26. The molecule has 0 bridgehead atoms. The number of anilines is 1. The number of fused-ring (bicyclic) bond motifs is 1. The Morgan fingerprint density at radius 2 is 2.04 bits per heavy atom. The number of benzene rings is 1. The van der Waals surface area contributed by atoms with Crippen LogP contribution in [0.2, 0.25) is 0 Å². The van der Waals surface area contributed by atoms with Gasteiger partial charge in [0.2, 0.25) is 5.91 Å². The van der Waals surface area contributed by atoms with Crippen LogP contribution in [0, 0.1) is 6.92 Å². The monoisotopic (exact) mass is 392 g/mol. The molecule has 2 N–H and O–H groups in total. The summed E-state index contributed by atoms with van der Waals surface area (Å²) < 4.78 is 0. The number of thiazole rings is 1. The number of aromatic nitrogens is 2. The number of carbonyl (C=O) groups is 2. The van der Waals surface area contributed by atoms with Crippen LogP contribution in [0.25, 0.3) is 0 Å². The Hall–Kier alpha value is -3.06. The highest BCUT2D eigenvalue weighted by Gasteiger charge is 2.32. The van der Waals surface area contributed by atoms with E-state index in [-0.39, 0.29) is 17.7 Å². The summed E-state index contributed by atoms with van der Waals surface area (Å²) in [6.45, 7) is 2.42. The average molecular weight is 392 g/mol. The Morgan fingerprint density at radius 3 is 2.79 bits per heavy atom.